The largest absolute Gasteiger partial charge is 0.497 e. The van der Waals surface area contributed by atoms with Crippen LogP contribution < -0.4 is 4.74 Å². The third kappa shape index (κ3) is 2.93. The Labute approximate surface area is 169 Å². The highest BCUT2D eigenvalue weighted by molar-refractivity contribution is 5.85. The zero-order valence-electron chi connectivity index (χ0n) is 16.6. The second-order valence-electron chi connectivity index (χ2n) is 9.42. The number of ketones is 1. The number of ether oxygens (including phenoxy) is 1. The first kappa shape index (κ1) is 19.3. The van der Waals surface area contributed by atoms with Gasteiger partial charge in [-0.05, 0) is 73.2 Å². The van der Waals surface area contributed by atoms with E-state index < -0.39 is 0 Å². The van der Waals surface area contributed by atoms with E-state index in [1.165, 1.54) is 36.9 Å². The van der Waals surface area contributed by atoms with Gasteiger partial charge in [-0.25, -0.2) is 0 Å². The molecule has 5 rings (SSSR count). The van der Waals surface area contributed by atoms with Gasteiger partial charge in [-0.2, -0.15) is 0 Å². The average Bonchev–Trinajstić information content (AvgIpc) is 2.58. The molecular weight excluding hydrogens is 358 g/mol. The van der Waals surface area contributed by atoms with Crippen LogP contribution in [0.2, 0.25) is 0 Å². The summed E-state index contributed by atoms with van der Waals surface area (Å²) in [6.45, 7) is 4.78. The minimum Gasteiger partial charge on any atom is -0.497 e. The number of carbonyl (C=O) groups is 1. The maximum atomic E-state index is 12.7. The van der Waals surface area contributed by atoms with Gasteiger partial charge in [-0.3, -0.25) is 9.69 Å². The Morgan fingerprint density at radius 3 is 2.78 bits per heavy atom. The van der Waals surface area contributed by atoms with Crippen molar-refractivity contribution < 1.29 is 9.53 Å². The van der Waals surface area contributed by atoms with E-state index in [4.69, 9.17) is 4.74 Å². The number of fused-ring (bicyclic) bond motifs is 1. The van der Waals surface area contributed by atoms with E-state index in [1.54, 1.807) is 7.11 Å². The molecule has 4 aliphatic rings. The fraction of sp³-hybridized carbons (Fsp3) is 0.696. The molecule has 2 bridgehead atoms. The zero-order valence-corrected chi connectivity index (χ0v) is 17.4. The van der Waals surface area contributed by atoms with Crippen LogP contribution in [0.15, 0.2) is 18.2 Å². The number of methoxy groups -OCH3 is 1. The first-order valence-corrected chi connectivity index (χ1v) is 10.5. The van der Waals surface area contributed by atoms with Gasteiger partial charge in [0.25, 0.3) is 0 Å². The van der Waals surface area contributed by atoms with Crippen LogP contribution in [0.3, 0.4) is 0 Å². The number of benzene rings is 1. The summed E-state index contributed by atoms with van der Waals surface area (Å²) < 4.78 is 5.55. The second kappa shape index (κ2) is 7.08. The Hall–Kier alpha value is -1.06. The molecule has 1 saturated heterocycles. The molecule has 3 fully saturated rings. The number of hydrogen-bond acceptors (Lipinski definition) is 3. The number of nitrogens with zero attached hydrogens (tertiary/aromatic N) is 1. The van der Waals surface area contributed by atoms with Crippen LogP contribution in [0.5, 0.6) is 5.75 Å². The van der Waals surface area contributed by atoms with Crippen molar-refractivity contribution in [3.63, 3.8) is 0 Å². The van der Waals surface area contributed by atoms with Crippen molar-refractivity contribution in [1.29, 1.82) is 0 Å². The van der Waals surface area contributed by atoms with Crippen LogP contribution in [0.1, 0.15) is 56.6 Å². The average molecular weight is 390 g/mol. The molecule has 4 atom stereocenters. The molecule has 0 aromatic heterocycles. The van der Waals surface area contributed by atoms with Gasteiger partial charge in [-0.15, -0.1) is 12.4 Å². The third-order valence-corrected chi connectivity index (χ3v) is 8.04. The van der Waals surface area contributed by atoms with Crippen LogP contribution in [0.4, 0.5) is 0 Å². The summed E-state index contributed by atoms with van der Waals surface area (Å²) >= 11 is 0. The minimum absolute atomic E-state index is 0. The Morgan fingerprint density at radius 2 is 2.07 bits per heavy atom. The van der Waals surface area contributed by atoms with Crippen molar-refractivity contribution in [2.24, 2.45) is 17.8 Å². The monoisotopic (exact) mass is 389 g/mol. The van der Waals surface area contributed by atoms with Crippen molar-refractivity contribution in [1.82, 2.24) is 4.90 Å². The van der Waals surface area contributed by atoms with E-state index in [0.29, 0.717) is 23.7 Å². The lowest BCUT2D eigenvalue weighted by Gasteiger charge is -2.61. The Kier molecular flexibility index (Phi) is 5.05. The van der Waals surface area contributed by atoms with E-state index in [-0.39, 0.29) is 17.8 Å². The van der Waals surface area contributed by atoms with Crippen molar-refractivity contribution in [3.8, 4) is 5.75 Å². The Bertz CT molecular complexity index is 731. The topological polar surface area (TPSA) is 29.5 Å². The zero-order chi connectivity index (χ0) is 17.9. The molecule has 2 unspecified atom stereocenters. The quantitative estimate of drug-likeness (QED) is 0.767. The van der Waals surface area contributed by atoms with Crippen LogP contribution in [-0.2, 0) is 16.6 Å². The summed E-state index contributed by atoms with van der Waals surface area (Å²) in [7, 11) is 1.75. The Balaban J connectivity index is 0.00000180. The molecule has 0 amide bonds. The maximum Gasteiger partial charge on any atom is 0.134 e. The van der Waals surface area contributed by atoms with Gasteiger partial charge in [-0.1, -0.05) is 19.4 Å². The van der Waals surface area contributed by atoms with Gasteiger partial charge in [0.15, 0.2) is 0 Å². The third-order valence-electron chi connectivity index (χ3n) is 8.04. The van der Waals surface area contributed by atoms with Gasteiger partial charge in [0.05, 0.1) is 7.11 Å². The summed E-state index contributed by atoms with van der Waals surface area (Å²) in [5.41, 5.74) is 2.95. The van der Waals surface area contributed by atoms with Crippen LogP contribution in [-0.4, -0.2) is 36.9 Å². The fourth-order valence-corrected chi connectivity index (χ4v) is 6.76. The van der Waals surface area contributed by atoms with E-state index in [9.17, 15) is 4.79 Å². The lowest BCUT2D eigenvalue weighted by molar-refractivity contribution is -0.131. The predicted octanol–water partition coefficient (Wildman–Crippen LogP) is 4.40. The SMILES string of the molecule is COc1ccc2c(c1)C13CCN(CC4CCC4)C(C2)[C@H]1[C@H](C)CC(=O)C3.Cl. The molecule has 0 N–H and O–H groups in total. The normalized spacial score (nSPS) is 35.5. The molecule has 1 aliphatic heterocycles. The smallest absolute Gasteiger partial charge is 0.134 e. The number of carbonyl (C=O) groups excluding carboxylic acids is 1. The van der Waals surface area contributed by atoms with E-state index in [0.717, 1.165) is 43.9 Å². The molecule has 1 heterocycles. The molecule has 1 aromatic carbocycles. The van der Waals surface area contributed by atoms with E-state index in [1.807, 2.05) is 0 Å². The summed E-state index contributed by atoms with van der Waals surface area (Å²) in [6.07, 6.45) is 8.06. The summed E-state index contributed by atoms with van der Waals surface area (Å²) in [5.74, 6) is 3.44. The van der Waals surface area contributed by atoms with Gasteiger partial charge < -0.3 is 4.74 Å². The van der Waals surface area contributed by atoms with Crippen molar-refractivity contribution >= 4 is 18.2 Å². The van der Waals surface area contributed by atoms with Crippen LogP contribution >= 0.6 is 12.4 Å². The van der Waals surface area contributed by atoms with E-state index in [2.05, 4.69) is 30.0 Å². The van der Waals surface area contributed by atoms with Crippen LogP contribution in [0.25, 0.3) is 0 Å². The number of rotatable bonds is 3. The standard InChI is InChI=1S/C23H31NO2.ClH/c1-15-10-18(25)13-23-8-9-24(14-16-4-3-5-16)21(22(15)23)11-17-6-7-19(26-2)12-20(17)23;/h6-7,12,15-16,21-22H,3-5,8-11,13-14H2,1-2H3;1H/t15-,21?,22-,23?;/m1./s1. The fourth-order valence-electron chi connectivity index (χ4n) is 6.76. The summed E-state index contributed by atoms with van der Waals surface area (Å²) in [4.78, 5) is 15.5. The first-order valence-electron chi connectivity index (χ1n) is 10.5. The molecule has 2 saturated carbocycles. The molecule has 0 spiro atoms. The molecule has 1 aromatic rings. The molecule has 4 heteroatoms. The Morgan fingerprint density at radius 1 is 1.26 bits per heavy atom. The van der Waals surface area contributed by atoms with Crippen molar-refractivity contribution in [2.75, 3.05) is 20.2 Å². The molecule has 27 heavy (non-hydrogen) atoms. The maximum absolute atomic E-state index is 12.7. The molecule has 3 aliphatic carbocycles. The van der Waals surface area contributed by atoms with Gasteiger partial charge >= 0.3 is 0 Å². The number of piperidine rings is 1. The number of likely N-dealkylation sites (tertiary alicyclic amines) is 1. The number of Topliss-reactive ketones (excluding diaryl/α,β-unsaturated/α-hetero) is 1. The predicted molar refractivity (Wildman–Crippen MR) is 110 cm³/mol. The summed E-state index contributed by atoms with van der Waals surface area (Å²) in [5, 5.41) is 0. The molecule has 148 valence electrons. The number of hydrogen-bond donors (Lipinski definition) is 0. The lowest BCUT2D eigenvalue weighted by Crippen LogP contribution is -2.64. The van der Waals surface area contributed by atoms with Gasteiger partial charge in [0, 0.05) is 30.8 Å². The van der Waals surface area contributed by atoms with E-state index >= 15 is 0 Å². The van der Waals surface area contributed by atoms with Crippen LogP contribution in [0, 0.1) is 17.8 Å². The lowest BCUT2D eigenvalue weighted by atomic mass is 9.49. The van der Waals surface area contributed by atoms with Crippen molar-refractivity contribution in [3.05, 3.63) is 29.3 Å². The summed E-state index contributed by atoms with van der Waals surface area (Å²) in [6, 6.07) is 7.25. The number of halogens is 1. The molecular formula is C23H32ClNO2. The van der Waals surface area contributed by atoms with Crippen molar-refractivity contribution in [2.45, 2.75) is 63.3 Å². The highest BCUT2D eigenvalue weighted by Gasteiger charge is 2.58. The van der Waals surface area contributed by atoms with Gasteiger partial charge in [0.1, 0.15) is 11.5 Å². The van der Waals surface area contributed by atoms with Gasteiger partial charge in [0.2, 0.25) is 0 Å². The highest BCUT2D eigenvalue weighted by Crippen LogP contribution is 2.57. The minimum atomic E-state index is 0. The first-order chi connectivity index (χ1) is 12.6. The highest BCUT2D eigenvalue weighted by atomic mass is 35.5. The second-order valence-corrected chi connectivity index (χ2v) is 9.42. The molecule has 3 nitrogen and oxygen atoms in total. The molecule has 0 radical (unpaired) electrons.